The fourth-order valence-corrected chi connectivity index (χ4v) is 3.94. The third kappa shape index (κ3) is 9.68. The summed E-state index contributed by atoms with van der Waals surface area (Å²) in [5.74, 6) is -0.160. The molecule has 0 aliphatic rings. The molecular weight excluding hydrogens is 364 g/mol. The number of unbranched alkanes of at least 4 members (excludes halogenated alkanes) is 14. The molecule has 168 valence electrons. The maximum Gasteiger partial charge on any atom is 0.281 e. The molecule has 5 nitrogen and oxygen atoms in total. The van der Waals surface area contributed by atoms with E-state index in [1.165, 1.54) is 77.0 Å². The summed E-state index contributed by atoms with van der Waals surface area (Å²) in [4.78, 5) is 23.7. The molecule has 0 aromatic carbocycles. The van der Waals surface area contributed by atoms with Crippen LogP contribution < -0.4 is 5.56 Å². The normalized spacial score (nSPS) is 11.2. The highest BCUT2D eigenvalue weighted by Crippen LogP contribution is 2.16. The number of aldehydes is 1. The Morgan fingerprint density at radius 2 is 1.03 bits per heavy atom. The van der Waals surface area contributed by atoms with Crippen LogP contribution in [0.5, 0.6) is 5.88 Å². The van der Waals surface area contributed by atoms with E-state index in [1.807, 2.05) is 0 Å². The fourth-order valence-electron chi connectivity index (χ4n) is 3.94. The number of nitrogens with zero attached hydrogens (tertiary/aromatic N) is 2. The van der Waals surface area contributed by atoms with Crippen molar-refractivity contribution in [3.8, 4) is 5.88 Å². The van der Waals surface area contributed by atoms with Gasteiger partial charge in [0.05, 0.1) is 0 Å². The second-order valence-electron chi connectivity index (χ2n) is 8.36. The molecule has 0 amide bonds. The number of rotatable bonds is 19. The molecule has 1 aromatic heterocycles. The third-order valence-electron chi connectivity index (χ3n) is 5.81. The Kier molecular flexibility index (Phi) is 14.3. The first-order valence-corrected chi connectivity index (χ1v) is 12.1. The standard InChI is InChI=1S/C24H44N2O3/c1-3-5-7-9-11-13-15-17-19-25-23(28)22(21-27)24(29)26(25)20-18-16-14-12-10-8-6-4-2/h21,28H,3-20H2,1-2H3. The summed E-state index contributed by atoms with van der Waals surface area (Å²) in [6, 6.07) is 0. The molecule has 0 spiro atoms. The van der Waals surface area contributed by atoms with Crippen molar-refractivity contribution in [2.45, 2.75) is 130 Å². The van der Waals surface area contributed by atoms with E-state index in [-0.39, 0.29) is 17.0 Å². The van der Waals surface area contributed by atoms with Gasteiger partial charge in [0, 0.05) is 13.1 Å². The van der Waals surface area contributed by atoms with Gasteiger partial charge in [-0.2, -0.15) is 0 Å². The average Bonchev–Trinajstić information content (AvgIpc) is 2.95. The van der Waals surface area contributed by atoms with E-state index in [4.69, 9.17) is 0 Å². The highest BCUT2D eigenvalue weighted by Gasteiger charge is 2.18. The van der Waals surface area contributed by atoms with Crippen molar-refractivity contribution >= 4 is 6.29 Å². The quantitative estimate of drug-likeness (QED) is 0.211. The summed E-state index contributed by atoms with van der Waals surface area (Å²) < 4.78 is 3.21. The van der Waals surface area contributed by atoms with Crippen LogP contribution in [0.2, 0.25) is 0 Å². The van der Waals surface area contributed by atoms with Crippen LogP contribution in [0.15, 0.2) is 4.79 Å². The Labute approximate surface area is 177 Å². The molecule has 1 N–H and O–H groups in total. The minimum atomic E-state index is -0.347. The Balaban J connectivity index is 2.42. The zero-order chi connectivity index (χ0) is 21.3. The maximum absolute atomic E-state index is 12.5. The first-order valence-electron chi connectivity index (χ1n) is 12.1. The molecule has 1 heterocycles. The lowest BCUT2D eigenvalue weighted by Crippen LogP contribution is -2.24. The van der Waals surface area contributed by atoms with Gasteiger partial charge < -0.3 is 5.11 Å². The zero-order valence-corrected chi connectivity index (χ0v) is 19.0. The van der Waals surface area contributed by atoms with Crippen molar-refractivity contribution in [1.29, 1.82) is 0 Å². The van der Waals surface area contributed by atoms with Crippen LogP contribution in [0.1, 0.15) is 127 Å². The maximum atomic E-state index is 12.5. The van der Waals surface area contributed by atoms with Crippen molar-refractivity contribution in [3.05, 3.63) is 15.9 Å². The number of carbonyl (C=O) groups excluding carboxylic acids is 1. The van der Waals surface area contributed by atoms with E-state index in [0.29, 0.717) is 19.4 Å². The molecule has 0 radical (unpaired) electrons. The van der Waals surface area contributed by atoms with E-state index < -0.39 is 0 Å². The molecule has 0 atom stereocenters. The number of carbonyl (C=O) groups is 1. The van der Waals surface area contributed by atoms with Gasteiger partial charge in [0.15, 0.2) is 6.29 Å². The summed E-state index contributed by atoms with van der Waals surface area (Å²) in [5.41, 5.74) is -0.441. The van der Waals surface area contributed by atoms with Crippen molar-refractivity contribution < 1.29 is 9.90 Å². The topological polar surface area (TPSA) is 64.2 Å². The largest absolute Gasteiger partial charge is 0.493 e. The highest BCUT2D eigenvalue weighted by molar-refractivity contribution is 5.77. The molecular formula is C24H44N2O3. The summed E-state index contributed by atoms with van der Waals surface area (Å²) in [7, 11) is 0. The molecule has 0 bridgehead atoms. The Hall–Kier alpha value is -1.52. The minimum absolute atomic E-state index is 0.0934. The van der Waals surface area contributed by atoms with Crippen molar-refractivity contribution in [2.75, 3.05) is 0 Å². The van der Waals surface area contributed by atoms with E-state index in [0.717, 1.165) is 25.7 Å². The van der Waals surface area contributed by atoms with Gasteiger partial charge >= 0.3 is 0 Å². The molecule has 0 fully saturated rings. The van der Waals surface area contributed by atoms with Crippen LogP contribution in [0.25, 0.3) is 0 Å². The van der Waals surface area contributed by atoms with Crippen LogP contribution in [0, 0.1) is 0 Å². The average molecular weight is 409 g/mol. The number of aromatic nitrogens is 2. The van der Waals surface area contributed by atoms with Gasteiger partial charge in [-0.3, -0.25) is 14.3 Å². The predicted octanol–water partition coefficient (Wildman–Crippen LogP) is 6.45. The third-order valence-corrected chi connectivity index (χ3v) is 5.81. The second-order valence-corrected chi connectivity index (χ2v) is 8.36. The molecule has 0 saturated carbocycles. The Morgan fingerprint density at radius 1 is 0.655 bits per heavy atom. The number of aromatic hydroxyl groups is 1. The molecule has 0 unspecified atom stereocenters. The van der Waals surface area contributed by atoms with E-state index in [2.05, 4.69) is 13.8 Å². The van der Waals surface area contributed by atoms with Gasteiger partial charge in [-0.05, 0) is 12.8 Å². The van der Waals surface area contributed by atoms with Crippen LogP contribution in [-0.2, 0) is 13.1 Å². The Bertz CT molecular complexity index is 604. The summed E-state index contributed by atoms with van der Waals surface area (Å²) in [5, 5.41) is 10.3. The molecule has 29 heavy (non-hydrogen) atoms. The Morgan fingerprint density at radius 3 is 1.45 bits per heavy atom. The fraction of sp³-hybridized carbons (Fsp3) is 0.833. The van der Waals surface area contributed by atoms with Crippen LogP contribution >= 0.6 is 0 Å². The van der Waals surface area contributed by atoms with Gasteiger partial charge in [-0.15, -0.1) is 0 Å². The summed E-state index contributed by atoms with van der Waals surface area (Å²) in [6.07, 6.45) is 19.7. The van der Waals surface area contributed by atoms with Gasteiger partial charge in [0.2, 0.25) is 5.88 Å². The van der Waals surface area contributed by atoms with Crippen molar-refractivity contribution in [2.24, 2.45) is 0 Å². The molecule has 0 aliphatic carbocycles. The van der Waals surface area contributed by atoms with Crippen molar-refractivity contribution in [3.63, 3.8) is 0 Å². The molecule has 1 rings (SSSR count). The second kappa shape index (κ2) is 16.3. The minimum Gasteiger partial charge on any atom is -0.493 e. The summed E-state index contributed by atoms with van der Waals surface area (Å²) >= 11 is 0. The lowest BCUT2D eigenvalue weighted by Gasteiger charge is -2.12. The zero-order valence-electron chi connectivity index (χ0n) is 19.0. The highest BCUT2D eigenvalue weighted by atomic mass is 16.3. The van der Waals surface area contributed by atoms with Gasteiger partial charge in [0.25, 0.3) is 5.56 Å². The molecule has 0 aliphatic heterocycles. The molecule has 1 aromatic rings. The first kappa shape index (κ1) is 25.5. The molecule has 5 heteroatoms. The van der Waals surface area contributed by atoms with Gasteiger partial charge in [-0.25, -0.2) is 4.68 Å². The van der Waals surface area contributed by atoms with E-state index >= 15 is 0 Å². The van der Waals surface area contributed by atoms with Crippen molar-refractivity contribution in [1.82, 2.24) is 9.36 Å². The van der Waals surface area contributed by atoms with E-state index in [1.54, 1.807) is 9.36 Å². The van der Waals surface area contributed by atoms with Crippen LogP contribution in [0.4, 0.5) is 0 Å². The number of hydrogen-bond donors (Lipinski definition) is 1. The smallest absolute Gasteiger partial charge is 0.281 e. The lowest BCUT2D eigenvalue weighted by molar-refractivity contribution is 0.111. The molecule has 0 saturated heterocycles. The SMILES string of the molecule is CCCCCCCCCCn1c(O)c(C=O)c(=O)n1CCCCCCCCCC. The summed E-state index contributed by atoms with van der Waals surface area (Å²) in [6.45, 7) is 5.63. The predicted molar refractivity (Wildman–Crippen MR) is 121 cm³/mol. The van der Waals surface area contributed by atoms with Crippen LogP contribution in [0.3, 0.4) is 0 Å². The van der Waals surface area contributed by atoms with Crippen LogP contribution in [-0.4, -0.2) is 20.8 Å². The van der Waals surface area contributed by atoms with Gasteiger partial charge in [-0.1, -0.05) is 104 Å². The number of hydrogen-bond acceptors (Lipinski definition) is 3. The van der Waals surface area contributed by atoms with E-state index in [9.17, 15) is 14.7 Å². The lowest BCUT2D eigenvalue weighted by atomic mass is 10.1. The monoisotopic (exact) mass is 408 g/mol. The first-order chi connectivity index (χ1) is 14.2. The van der Waals surface area contributed by atoms with Gasteiger partial charge in [0.1, 0.15) is 5.56 Å².